The number of benzene rings is 4. The minimum absolute atomic E-state index is 0.0247. The summed E-state index contributed by atoms with van der Waals surface area (Å²) in [7, 11) is 1.57. The Bertz CT molecular complexity index is 1620. The van der Waals surface area contributed by atoms with E-state index in [2.05, 4.69) is 5.32 Å². The summed E-state index contributed by atoms with van der Waals surface area (Å²) in [4.78, 5) is 40.4. The van der Waals surface area contributed by atoms with Crippen LogP contribution in [0.1, 0.15) is 45.2 Å². The molecular formula is C35H35ClN2O6. The van der Waals surface area contributed by atoms with E-state index < -0.39 is 5.97 Å². The van der Waals surface area contributed by atoms with Gasteiger partial charge in [-0.25, -0.2) is 0 Å². The standard InChI is InChI=1S/C35H35ClN2O6/c1-3-44-32-22-24(16-17-31(32)43-2)18-20-38(21-19-33(39)40)35(42)29-14-8-6-12-27(29)26-11-5-7-13-28(26)34(41)37-23-25-10-4-9-15-30(25)36/h4-17,22H,3,18-21,23H2,1-2H3,(H,37,41)(H,39,40). The van der Waals surface area contributed by atoms with Gasteiger partial charge in [0.2, 0.25) is 0 Å². The zero-order valence-electron chi connectivity index (χ0n) is 24.7. The normalized spacial score (nSPS) is 10.6. The fourth-order valence-corrected chi connectivity index (χ4v) is 5.06. The van der Waals surface area contributed by atoms with Crippen LogP contribution in [-0.2, 0) is 17.8 Å². The quantitative estimate of drug-likeness (QED) is 0.168. The number of nitrogens with one attached hydrogen (secondary N) is 1. The van der Waals surface area contributed by atoms with Crippen LogP contribution in [0.5, 0.6) is 11.5 Å². The largest absolute Gasteiger partial charge is 0.493 e. The molecule has 4 aromatic rings. The lowest BCUT2D eigenvalue weighted by atomic mass is 9.94. The Balaban J connectivity index is 1.60. The Morgan fingerprint density at radius 2 is 1.50 bits per heavy atom. The van der Waals surface area contributed by atoms with Gasteiger partial charge in [-0.05, 0) is 65.9 Å². The van der Waals surface area contributed by atoms with E-state index in [4.69, 9.17) is 21.1 Å². The summed E-state index contributed by atoms with van der Waals surface area (Å²) < 4.78 is 11.1. The summed E-state index contributed by atoms with van der Waals surface area (Å²) in [6, 6.07) is 27.0. The summed E-state index contributed by atoms with van der Waals surface area (Å²) in [6.07, 6.45) is 0.264. The number of hydrogen-bond donors (Lipinski definition) is 2. The van der Waals surface area contributed by atoms with E-state index in [1.165, 1.54) is 4.90 Å². The number of amides is 2. The number of nitrogens with zero attached hydrogens (tertiary/aromatic N) is 1. The van der Waals surface area contributed by atoms with Crippen molar-refractivity contribution in [1.29, 1.82) is 0 Å². The zero-order valence-corrected chi connectivity index (χ0v) is 25.5. The average molecular weight is 615 g/mol. The Morgan fingerprint density at radius 3 is 2.18 bits per heavy atom. The van der Waals surface area contributed by atoms with Crippen LogP contribution >= 0.6 is 11.6 Å². The van der Waals surface area contributed by atoms with E-state index in [9.17, 15) is 19.5 Å². The molecule has 228 valence electrons. The van der Waals surface area contributed by atoms with Crippen LogP contribution in [0, 0.1) is 0 Å². The maximum absolute atomic E-state index is 14.0. The maximum atomic E-state index is 14.0. The zero-order chi connectivity index (χ0) is 31.5. The molecule has 0 atom stereocenters. The molecule has 0 aliphatic rings. The molecule has 44 heavy (non-hydrogen) atoms. The van der Waals surface area contributed by atoms with Crippen molar-refractivity contribution >= 4 is 29.4 Å². The lowest BCUT2D eigenvalue weighted by Crippen LogP contribution is -2.35. The maximum Gasteiger partial charge on any atom is 0.305 e. The molecule has 0 saturated heterocycles. The first-order valence-electron chi connectivity index (χ1n) is 14.3. The van der Waals surface area contributed by atoms with Crippen molar-refractivity contribution < 1.29 is 29.0 Å². The number of carbonyl (C=O) groups is 3. The van der Waals surface area contributed by atoms with Gasteiger partial charge < -0.3 is 24.8 Å². The van der Waals surface area contributed by atoms with Gasteiger partial charge in [0.25, 0.3) is 11.8 Å². The van der Waals surface area contributed by atoms with Gasteiger partial charge >= 0.3 is 5.97 Å². The van der Waals surface area contributed by atoms with Crippen molar-refractivity contribution in [2.24, 2.45) is 0 Å². The van der Waals surface area contributed by atoms with Gasteiger partial charge in [0, 0.05) is 35.8 Å². The second kappa shape index (κ2) is 15.6. The van der Waals surface area contributed by atoms with E-state index in [1.807, 2.05) is 49.4 Å². The molecule has 0 heterocycles. The fourth-order valence-electron chi connectivity index (χ4n) is 4.86. The molecule has 9 heteroatoms. The number of carbonyl (C=O) groups excluding carboxylic acids is 2. The van der Waals surface area contributed by atoms with Gasteiger partial charge in [-0.3, -0.25) is 14.4 Å². The number of carboxylic acid groups (broad SMARTS) is 1. The van der Waals surface area contributed by atoms with Crippen molar-refractivity contribution in [3.8, 4) is 22.6 Å². The smallest absolute Gasteiger partial charge is 0.305 e. The molecule has 4 aromatic carbocycles. The highest BCUT2D eigenvalue weighted by atomic mass is 35.5. The SMILES string of the molecule is CCOc1cc(CCN(CCC(=O)O)C(=O)c2ccccc2-c2ccccc2C(=O)NCc2ccccc2Cl)ccc1OC. The van der Waals surface area contributed by atoms with E-state index in [0.717, 1.165) is 11.1 Å². The van der Waals surface area contributed by atoms with Gasteiger partial charge in [-0.2, -0.15) is 0 Å². The lowest BCUT2D eigenvalue weighted by Gasteiger charge is -2.24. The molecule has 0 bridgehead atoms. The highest BCUT2D eigenvalue weighted by Crippen LogP contribution is 2.30. The molecule has 2 N–H and O–H groups in total. The molecule has 0 aliphatic heterocycles. The van der Waals surface area contributed by atoms with E-state index in [0.29, 0.717) is 51.8 Å². The number of rotatable bonds is 14. The van der Waals surface area contributed by atoms with Crippen molar-refractivity contribution in [2.75, 3.05) is 26.8 Å². The Labute approximate surface area is 262 Å². The molecule has 0 aromatic heterocycles. The summed E-state index contributed by atoms with van der Waals surface area (Å²) in [5.41, 5.74) is 3.63. The molecule has 0 radical (unpaired) electrons. The monoisotopic (exact) mass is 614 g/mol. The van der Waals surface area contributed by atoms with Crippen molar-refractivity contribution in [1.82, 2.24) is 10.2 Å². The van der Waals surface area contributed by atoms with Gasteiger partial charge in [0.15, 0.2) is 11.5 Å². The second-order valence-electron chi connectivity index (χ2n) is 9.97. The average Bonchev–Trinajstić information content (AvgIpc) is 3.04. The Kier molecular flexibility index (Phi) is 11.4. The number of hydrogen-bond acceptors (Lipinski definition) is 5. The van der Waals surface area contributed by atoms with Gasteiger partial charge in [0.05, 0.1) is 20.1 Å². The van der Waals surface area contributed by atoms with Crippen molar-refractivity contribution in [3.05, 3.63) is 118 Å². The van der Waals surface area contributed by atoms with Gasteiger partial charge in [-0.15, -0.1) is 0 Å². The van der Waals surface area contributed by atoms with Gasteiger partial charge in [0.1, 0.15) is 0 Å². The summed E-state index contributed by atoms with van der Waals surface area (Å²) >= 11 is 6.27. The molecule has 8 nitrogen and oxygen atoms in total. The van der Waals surface area contributed by atoms with Crippen LogP contribution in [0.2, 0.25) is 5.02 Å². The molecule has 2 amide bonds. The van der Waals surface area contributed by atoms with Crippen LogP contribution in [0.15, 0.2) is 91.0 Å². The molecular weight excluding hydrogens is 580 g/mol. The Hall–Kier alpha value is -4.82. The second-order valence-corrected chi connectivity index (χ2v) is 10.4. The summed E-state index contributed by atoms with van der Waals surface area (Å²) in [5.74, 6) is -0.426. The van der Waals surface area contributed by atoms with E-state index in [-0.39, 0.29) is 37.9 Å². The van der Waals surface area contributed by atoms with Crippen LogP contribution < -0.4 is 14.8 Å². The number of ether oxygens (including phenoxy) is 2. The first kappa shape index (κ1) is 32.1. The number of halogens is 1. The van der Waals surface area contributed by atoms with Gasteiger partial charge in [-0.1, -0.05) is 72.3 Å². The predicted octanol–water partition coefficient (Wildman–Crippen LogP) is 6.50. The third-order valence-electron chi connectivity index (χ3n) is 7.10. The topological polar surface area (TPSA) is 105 Å². The third kappa shape index (κ3) is 8.17. The van der Waals surface area contributed by atoms with Crippen LogP contribution in [0.25, 0.3) is 11.1 Å². The first-order chi connectivity index (χ1) is 21.3. The van der Waals surface area contributed by atoms with Crippen LogP contribution in [-0.4, -0.2) is 54.6 Å². The first-order valence-corrected chi connectivity index (χ1v) is 14.7. The minimum atomic E-state index is -1.00. The predicted molar refractivity (Wildman–Crippen MR) is 171 cm³/mol. The van der Waals surface area contributed by atoms with Crippen LogP contribution in [0.4, 0.5) is 0 Å². The summed E-state index contributed by atoms with van der Waals surface area (Å²) in [6.45, 7) is 2.90. The highest BCUT2D eigenvalue weighted by molar-refractivity contribution is 6.31. The number of carboxylic acids is 1. The Morgan fingerprint density at radius 1 is 0.841 bits per heavy atom. The van der Waals surface area contributed by atoms with Crippen molar-refractivity contribution in [2.45, 2.75) is 26.3 Å². The summed E-state index contributed by atoms with van der Waals surface area (Å²) in [5, 5.41) is 12.9. The number of methoxy groups -OCH3 is 1. The fraction of sp³-hybridized carbons (Fsp3) is 0.229. The molecule has 0 saturated carbocycles. The number of aliphatic carboxylic acids is 1. The van der Waals surface area contributed by atoms with Crippen LogP contribution in [0.3, 0.4) is 0 Å². The highest BCUT2D eigenvalue weighted by Gasteiger charge is 2.23. The molecule has 4 rings (SSSR count). The minimum Gasteiger partial charge on any atom is -0.493 e. The van der Waals surface area contributed by atoms with Crippen molar-refractivity contribution in [3.63, 3.8) is 0 Å². The molecule has 0 fully saturated rings. The third-order valence-corrected chi connectivity index (χ3v) is 7.47. The molecule has 0 spiro atoms. The van der Waals surface area contributed by atoms with E-state index in [1.54, 1.807) is 55.6 Å². The lowest BCUT2D eigenvalue weighted by molar-refractivity contribution is -0.137. The molecule has 0 unspecified atom stereocenters. The van der Waals surface area contributed by atoms with E-state index >= 15 is 0 Å². The molecule has 0 aliphatic carbocycles.